The second-order valence-electron chi connectivity index (χ2n) is 12.0. The van der Waals surface area contributed by atoms with Gasteiger partial charge in [-0.1, -0.05) is 135 Å². The van der Waals surface area contributed by atoms with Gasteiger partial charge in [0, 0.05) is 20.0 Å². The molecule has 0 saturated heterocycles. The molecule has 0 bridgehead atoms. The molecule has 0 heterocycles. The highest BCUT2D eigenvalue weighted by molar-refractivity contribution is 7.47. The smallest absolute Gasteiger partial charge is 0.462 e. The molecule has 2 atom stereocenters. The molecule has 0 spiro atoms. The van der Waals surface area contributed by atoms with Gasteiger partial charge in [-0.3, -0.25) is 18.6 Å². The normalized spacial score (nSPS) is 13.6. The third kappa shape index (κ3) is 30.8. The second-order valence-corrected chi connectivity index (χ2v) is 13.6. The van der Waals surface area contributed by atoms with Gasteiger partial charge in [-0.15, -0.1) is 0 Å². The topological polar surface area (TPSA) is 108 Å². The molecule has 1 N–H and O–H groups in total. The third-order valence-electron chi connectivity index (χ3n) is 7.76. The average Bonchev–Trinajstić information content (AvgIpc) is 3.01. The van der Waals surface area contributed by atoms with E-state index in [1.807, 2.05) is 0 Å². The van der Waals surface area contributed by atoms with Gasteiger partial charge >= 0.3 is 19.8 Å². The van der Waals surface area contributed by atoms with Crippen molar-refractivity contribution in [3.63, 3.8) is 0 Å². The molecule has 0 aliphatic carbocycles. The molecule has 0 aliphatic heterocycles. The van der Waals surface area contributed by atoms with Crippen molar-refractivity contribution in [3.8, 4) is 0 Å². The molecule has 0 fully saturated rings. The molecule has 8 nitrogen and oxygen atoms in total. The van der Waals surface area contributed by atoms with Gasteiger partial charge in [0.25, 0.3) is 0 Å². The number of unbranched alkanes of at least 4 members (excludes halogenated alkanes) is 20. The quantitative estimate of drug-likeness (QED) is 0.0325. The van der Waals surface area contributed by atoms with E-state index in [1.54, 1.807) is 0 Å². The first-order valence-corrected chi connectivity index (χ1v) is 19.4. The van der Waals surface area contributed by atoms with Gasteiger partial charge in [-0.05, 0) is 38.5 Å². The van der Waals surface area contributed by atoms with Gasteiger partial charge < -0.3 is 14.4 Å². The summed E-state index contributed by atoms with van der Waals surface area (Å²) in [6.45, 7) is 3.84. The molecule has 0 aromatic carbocycles. The minimum Gasteiger partial charge on any atom is -0.462 e. The fourth-order valence-corrected chi connectivity index (χ4v) is 5.41. The first-order chi connectivity index (χ1) is 21.3. The summed E-state index contributed by atoms with van der Waals surface area (Å²) in [6, 6.07) is 0. The molecule has 260 valence electrons. The fraction of sp³-hybridized carbons (Fsp3) is 0.886. The van der Waals surface area contributed by atoms with Crippen LogP contribution in [0.4, 0.5) is 0 Å². The minimum atomic E-state index is -4.25. The molecule has 0 radical (unpaired) electrons. The number of carbonyl (C=O) groups excluding carboxylic acids is 2. The second kappa shape index (κ2) is 31.8. The lowest BCUT2D eigenvalue weighted by Crippen LogP contribution is -2.29. The zero-order valence-electron chi connectivity index (χ0n) is 28.6. The van der Waals surface area contributed by atoms with Crippen LogP contribution < -0.4 is 0 Å². The van der Waals surface area contributed by atoms with Crippen LogP contribution in [0.2, 0.25) is 0 Å². The lowest BCUT2D eigenvalue weighted by molar-refractivity contribution is -0.161. The summed E-state index contributed by atoms with van der Waals surface area (Å²) >= 11 is 0. The van der Waals surface area contributed by atoms with Gasteiger partial charge in [0.1, 0.15) is 6.61 Å². The van der Waals surface area contributed by atoms with Gasteiger partial charge in [0.15, 0.2) is 6.10 Å². The predicted molar refractivity (Wildman–Crippen MR) is 180 cm³/mol. The minimum absolute atomic E-state index is 0.224. The molecule has 0 aromatic rings. The standard InChI is InChI=1S/C35H67O8P/c1-4-6-8-10-12-14-15-16-17-18-19-20-22-24-26-28-30-35(37)43-33(32-42-44(38,39)40-3)31-41-34(36)29-27-25-23-21-13-11-9-7-5-2/h17-18,33H,4-16,19-32H2,1-3H3,(H,38,39)/b18-17-. The highest BCUT2D eigenvalue weighted by Gasteiger charge is 2.24. The summed E-state index contributed by atoms with van der Waals surface area (Å²) < 4.78 is 31.7. The van der Waals surface area contributed by atoms with Crippen LogP contribution in [0.15, 0.2) is 12.2 Å². The van der Waals surface area contributed by atoms with Gasteiger partial charge in [0.05, 0.1) is 6.61 Å². The van der Waals surface area contributed by atoms with E-state index in [0.717, 1.165) is 58.5 Å². The number of phosphoric acid groups is 1. The molecular weight excluding hydrogens is 579 g/mol. The maximum Gasteiger partial charge on any atom is 0.472 e. The largest absolute Gasteiger partial charge is 0.472 e. The maximum atomic E-state index is 12.4. The van der Waals surface area contributed by atoms with Gasteiger partial charge in [-0.25, -0.2) is 4.57 Å². The lowest BCUT2D eigenvalue weighted by atomic mass is 10.1. The summed E-state index contributed by atoms with van der Waals surface area (Å²) in [6.07, 6.45) is 31.2. The van der Waals surface area contributed by atoms with Crippen molar-refractivity contribution in [1.29, 1.82) is 0 Å². The third-order valence-corrected chi connectivity index (χ3v) is 8.70. The Morgan fingerprint density at radius 3 is 1.48 bits per heavy atom. The van der Waals surface area contributed by atoms with E-state index in [2.05, 4.69) is 30.5 Å². The van der Waals surface area contributed by atoms with Crippen LogP contribution in [0.3, 0.4) is 0 Å². The van der Waals surface area contributed by atoms with Crippen molar-refractivity contribution in [1.82, 2.24) is 0 Å². The van der Waals surface area contributed by atoms with Crippen LogP contribution in [0.25, 0.3) is 0 Å². The Hall–Kier alpha value is -1.21. The van der Waals surface area contributed by atoms with Crippen LogP contribution in [-0.4, -0.2) is 43.3 Å². The van der Waals surface area contributed by atoms with Crippen LogP contribution >= 0.6 is 7.82 Å². The van der Waals surface area contributed by atoms with Crippen molar-refractivity contribution in [3.05, 3.63) is 12.2 Å². The van der Waals surface area contributed by atoms with Crippen LogP contribution in [0, 0.1) is 0 Å². The van der Waals surface area contributed by atoms with E-state index in [-0.39, 0.29) is 19.0 Å². The predicted octanol–water partition coefficient (Wildman–Crippen LogP) is 10.6. The Labute approximate surface area is 270 Å². The number of esters is 2. The molecule has 0 aliphatic rings. The zero-order chi connectivity index (χ0) is 32.6. The number of rotatable bonds is 33. The number of phosphoric ester groups is 1. The van der Waals surface area contributed by atoms with Crippen molar-refractivity contribution < 1.29 is 37.6 Å². The van der Waals surface area contributed by atoms with Crippen molar-refractivity contribution in [2.75, 3.05) is 20.3 Å². The van der Waals surface area contributed by atoms with Crippen LogP contribution in [0.5, 0.6) is 0 Å². The molecule has 0 aromatic heterocycles. The van der Waals surface area contributed by atoms with Crippen LogP contribution in [-0.2, 0) is 32.7 Å². The van der Waals surface area contributed by atoms with Gasteiger partial charge in [0.2, 0.25) is 0 Å². The summed E-state index contributed by atoms with van der Waals surface area (Å²) in [7, 11) is -3.19. The molecular formula is C35H67O8P. The number of carbonyl (C=O) groups is 2. The Morgan fingerprint density at radius 1 is 0.614 bits per heavy atom. The van der Waals surface area contributed by atoms with E-state index in [1.165, 1.54) is 89.9 Å². The monoisotopic (exact) mass is 646 g/mol. The summed E-state index contributed by atoms with van der Waals surface area (Å²) in [4.78, 5) is 34.2. The first-order valence-electron chi connectivity index (χ1n) is 17.9. The van der Waals surface area contributed by atoms with Crippen LogP contribution in [0.1, 0.15) is 174 Å². The zero-order valence-corrected chi connectivity index (χ0v) is 29.5. The molecule has 0 rings (SSSR count). The summed E-state index contributed by atoms with van der Waals surface area (Å²) in [5.74, 6) is -0.812. The summed E-state index contributed by atoms with van der Waals surface area (Å²) in [5, 5.41) is 0. The molecule has 2 unspecified atom stereocenters. The van der Waals surface area contributed by atoms with E-state index in [9.17, 15) is 19.0 Å². The molecule has 44 heavy (non-hydrogen) atoms. The number of hydrogen-bond acceptors (Lipinski definition) is 7. The highest BCUT2D eigenvalue weighted by Crippen LogP contribution is 2.42. The van der Waals surface area contributed by atoms with E-state index >= 15 is 0 Å². The molecule has 0 amide bonds. The van der Waals surface area contributed by atoms with E-state index < -0.39 is 26.5 Å². The maximum absolute atomic E-state index is 12.4. The lowest BCUT2D eigenvalue weighted by Gasteiger charge is -2.19. The Bertz CT molecular complexity index is 742. The highest BCUT2D eigenvalue weighted by atomic mass is 31.2. The Morgan fingerprint density at radius 2 is 1.02 bits per heavy atom. The Balaban J connectivity index is 4.06. The number of ether oxygens (including phenoxy) is 2. The van der Waals surface area contributed by atoms with Crippen molar-refractivity contribution in [2.24, 2.45) is 0 Å². The number of hydrogen-bond donors (Lipinski definition) is 1. The molecule has 0 saturated carbocycles. The van der Waals surface area contributed by atoms with Gasteiger partial charge in [-0.2, -0.15) is 0 Å². The molecule has 9 heteroatoms. The van der Waals surface area contributed by atoms with E-state index in [0.29, 0.717) is 12.8 Å². The SMILES string of the molecule is CCCCCCCCC/C=C\CCCCCCCC(=O)OC(COC(=O)CCCCCCCCCCC)COP(=O)(O)OC. The van der Waals surface area contributed by atoms with Crippen molar-refractivity contribution >= 4 is 19.8 Å². The van der Waals surface area contributed by atoms with E-state index in [4.69, 9.17) is 14.0 Å². The first kappa shape index (κ1) is 42.8. The van der Waals surface area contributed by atoms with Crippen molar-refractivity contribution in [2.45, 2.75) is 180 Å². The summed E-state index contributed by atoms with van der Waals surface area (Å²) in [5.41, 5.74) is 0. The average molecular weight is 647 g/mol. The fourth-order valence-electron chi connectivity index (χ4n) is 4.95. The number of allylic oxidation sites excluding steroid dienone is 2. The Kier molecular flexibility index (Phi) is 30.9.